The Labute approximate surface area is 222 Å². The number of carbonyl (C=O) groups excluding carboxylic acids is 4. The molecule has 2 fully saturated rings. The zero-order valence-corrected chi connectivity index (χ0v) is 20.7. The van der Waals surface area contributed by atoms with Gasteiger partial charge in [0.15, 0.2) is 0 Å². The van der Waals surface area contributed by atoms with E-state index in [1.165, 1.54) is 23.7 Å². The molecule has 0 aliphatic carbocycles. The molecule has 0 unspecified atom stereocenters. The van der Waals surface area contributed by atoms with Gasteiger partial charge in [-0.2, -0.15) is 4.68 Å². The van der Waals surface area contributed by atoms with Crippen LogP contribution in [0, 0.1) is 11.8 Å². The van der Waals surface area contributed by atoms with Crippen LogP contribution in [0.25, 0.3) is 17.1 Å². The van der Waals surface area contributed by atoms with Crippen LogP contribution >= 0.6 is 0 Å². The number of imide groups is 1. The first kappa shape index (κ1) is 23.0. The summed E-state index contributed by atoms with van der Waals surface area (Å²) in [5.41, 5.74) is 3.10. The summed E-state index contributed by atoms with van der Waals surface area (Å²) < 4.78 is 6.32. The average molecular weight is 520 g/mol. The molecule has 4 atom stereocenters. The molecule has 10 heteroatoms. The van der Waals surface area contributed by atoms with Crippen LogP contribution in [0.5, 0.6) is 5.75 Å². The molecule has 0 spiro atoms. The molecule has 3 aliphatic rings. The normalized spacial score (nSPS) is 23.1. The third-order valence-corrected chi connectivity index (χ3v) is 7.58. The van der Waals surface area contributed by atoms with Gasteiger partial charge in [-0.05, 0) is 48.0 Å². The number of anilines is 2. The van der Waals surface area contributed by atoms with Crippen LogP contribution in [0.1, 0.15) is 17.3 Å². The van der Waals surface area contributed by atoms with E-state index >= 15 is 0 Å². The summed E-state index contributed by atoms with van der Waals surface area (Å²) >= 11 is 0. The number of rotatable bonds is 3. The van der Waals surface area contributed by atoms with Crippen molar-refractivity contribution in [1.29, 1.82) is 0 Å². The quantitative estimate of drug-likeness (QED) is 0.230. The number of esters is 1. The number of ether oxygens (including phenoxy) is 1. The van der Waals surface area contributed by atoms with E-state index in [4.69, 9.17) is 4.74 Å². The fourth-order valence-electron chi connectivity index (χ4n) is 6.04. The third-order valence-electron chi connectivity index (χ3n) is 7.58. The number of fused-ring (bicyclic) bond motifs is 6. The largest absolute Gasteiger partial charge is 0.427 e. The smallest absolute Gasteiger partial charge is 0.308 e. The number of amides is 2. The van der Waals surface area contributed by atoms with Gasteiger partial charge in [0.05, 0.1) is 29.1 Å². The van der Waals surface area contributed by atoms with E-state index in [1.807, 2.05) is 47.4 Å². The van der Waals surface area contributed by atoms with Crippen LogP contribution in [0.15, 0.2) is 78.9 Å². The highest BCUT2D eigenvalue weighted by molar-refractivity contribution is 6.25. The molecule has 10 nitrogen and oxygen atoms in total. The van der Waals surface area contributed by atoms with Gasteiger partial charge in [0.2, 0.25) is 11.8 Å². The first-order valence-electron chi connectivity index (χ1n) is 12.5. The van der Waals surface area contributed by atoms with Crippen LogP contribution in [-0.4, -0.2) is 50.8 Å². The number of para-hydroxylation sites is 2. The SMILES string of the molecule is CC(=O)Oc1ccc(N2C(=O)[C@@H]3[C@H](C2=O)[C@@H](C(=O)n2nnc4ccccc42)N2c4ccccc4C=C[C@@H]32)cc1. The molecule has 7 rings (SSSR count). The van der Waals surface area contributed by atoms with E-state index in [2.05, 4.69) is 10.3 Å². The predicted molar refractivity (Wildman–Crippen MR) is 141 cm³/mol. The second kappa shape index (κ2) is 8.45. The van der Waals surface area contributed by atoms with Crippen LogP contribution in [0.2, 0.25) is 0 Å². The van der Waals surface area contributed by atoms with Crippen molar-refractivity contribution >= 4 is 52.2 Å². The van der Waals surface area contributed by atoms with Gasteiger partial charge in [-0.3, -0.25) is 19.2 Å². The fourth-order valence-corrected chi connectivity index (χ4v) is 6.04. The van der Waals surface area contributed by atoms with Gasteiger partial charge in [0, 0.05) is 12.6 Å². The minimum Gasteiger partial charge on any atom is -0.427 e. The first-order chi connectivity index (χ1) is 18.9. The topological polar surface area (TPSA) is 115 Å². The minimum absolute atomic E-state index is 0.301. The molecule has 0 saturated carbocycles. The molecule has 0 N–H and O–H groups in total. The molecule has 2 amide bonds. The highest BCUT2D eigenvalue weighted by Crippen LogP contribution is 2.49. The molecule has 1 aromatic heterocycles. The van der Waals surface area contributed by atoms with Crippen LogP contribution in [-0.2, 0) is 14.4 Å². The lowest BCUT2D eigenvalue weighted by atomic mass is 9.88. The second-order valence-corrected chi connectivity index (χ2v) is 9.74. The number of hydrogen-bond acceptors (Lipinski definition) is 8. The molecule has 2 saturated heterocycles. The van der Waals surface area contributed by atoms with E-state index in [0.29, 0.717) is 22.5 Å². The zero-order chi connectivity index (χ0) is 26.8. The van der Waals surface area contributed by atoms with Gasteiger partial charge in [0.1, 0.15) is 17.3 Å². The molecule has 0 bridgehead atoms. The summed E-state index contributed by atoms with van der Waals surface area (Å²) in [6, 6.07) is 19.4. The Balaban J connectivity index is 1.34. The molecule has 39 heavy (non-hydrogen) atoms. The number of hydrogen-bond donors (Lipinski definition) is 0. The van der Waals surface area contributed by atoms with Crippen molar-refractivity contribution < 1.29 is 23.9 Å². The Hall–Kier alpha value is -5.12. The molecule has 3 aromatic carbocycles. The van der Waals surface area contributed by atoms with Crippen molar-refractivity contribution in [3.63, 3.8) is 0 Å². The maximum atomic E-state index is 14.2. The Morgan fingerprint density at radius 2 is 1.59 bits per heavy atom. The van der Waals surface area contributed by atoms with Crippen molar-refractivity contribution in [3.05, 3.63) is 84.4 Å². The Morgan fingerprint density at radius 3 is 2.38 bits per heavy atom. The summed E-state index contributed by atoms with van der Waals surface area (Å²) in [4.78, 5) is 56.5. The van der Waals surface area contributed by atoms with Gasteiger partial charge in [0.25, 0.3) is 5.91 Å². The average Bonchev–Trinajstić information content (AvgIpc) is 3.60. The van der Waals surface area contributed by atoms with Crippen molar-refractivity contribution in [2.45, 2.75) is 19.0 Å². The van der Waals surface area contributed by atoms with E-state index in [1.54, 1.807) is 30.3 Å². The Bertz CT molecular complexity index is 1730. The van der Waals surface area contributed by atoms with E-state index in [0.717, 1.165) is 16.2 Å². The van der Waals surface area contributed by atoms with E-state index in [9.17, 15) is 19.2 Å². The highest BCUT2D eigenvalue weighted by Gasteiger charge is 2.64. The lowest BCUT2D eigenvalue weighted by Crippen LogP contribution is -2.50. The van der Waals surface area contributed by atoms with E-state index in [-0.39, 0.29) is 5.91 Å². The summed E-state index contributed by atoms with van der Waals surface area (Å²) in [5.74, 6) is -3.18. The maximum absolute atomic E-state index is 14.2. The molecule has 4 aromatic rings. The summed E-state index contributed by atoms with van der Waals surface area (Å²) in [7, 11) is 0. The molecule has 0 radical (unpaired) electrons. The summed E-state index contributed by atoms with van der Waals surface area (Å²) in [5, 5.41) is 8.26. The van der Waals surface area contributed by atoms with Crippen molar-refractivity contribution in [3.8, 4) is 5.75 Å². The molecule has 192 valence electrons. The maximum Gasteiger partial charge on any atom is 0.308 e. The van der Waals surface area contributed by atoms with Crippen molar-refractivity contribution in [2.75, 3.05) is 9.80 Å². The molecule has 4 heterocycles. The lowest BCUT2D eigenvalue weighted by Gasteiger charge is -2.36. The monoisotopic (exact) mass is 519 g/mol. The van der Waals surface area contributed by atoms with Crippen LogP contribution in [0.3, 0.4) is 0 Å². The van der Waals surface area contributed by atoms with Crippen molar-refractivity contribution in [1.82, 2.24) is 15.0 Å². The number of carbonyl (C=O) groups is 4. The highest BCUT2D eigenvalue weighted by atomic mass is 16.5. The number of benzene rings is 3. The van der Waals surface area contributed by atoms with Crippen LogP contribution < -0.4 is 14.5 Å². The van der Waals surface area contributed by atoms with E-state index < -0.39 is 41.7 Å². The minimum atomic E-state index is -0.988. The summed E-state index contributed by atoms with van der Waals surface area (Å²) in [6.45, 7) is 1.29. The number of aromatic nitrogens is 3. The number of nitrogens with zero attached hydrogens (tertiary/aromatic N) is 5. The lowest BCUT2D eigenvalue weighted by molar-refractivity contribution is -0.132. The second-order valence-electron chi connectivity index (χ2n) is 9.74. The standard InChI is InChI=1S/C29H21N5O5/c1-16(35)39-19-13-11-18(12-14-19)32-27(36)24-23-15-10-17-6-2-4-8-21(17)33(23)26(25(24)28(32)37)29(38)34-22-9-5-3-7-20(22)30-31-34/h2-15,23-26H,1H3/t23-,24-,25-,26-/m0/s1. The van der Waals surface area contributed by atoms with Crippen LogP contribution in [0.4, 0.5) is 11.4 Å². The van der Waals surface area contributed by atoms with Gasteiger partial charge >= 0.3 is 5.97 Å². The predicted octanol–water partition coefficient (Wildman–Crippen LogP) is 3.09. The van der Waals surface area contributed by atoms with Crippen molar-refractivity contribution in [2.24, 2.45) is 11.8 Å². The molecule has 3 aliphatic heterocycles. The zero-order valence-electron chi connectivity index (χ0n) is 20.7. The Morgan fingerprint density at radius 1 is 0.872 bits per heavy atom. The first-order valence-corrected chi connectivity index (χ1v) is 12.5. The third kappa shape index (κ3) is 3.34. The summed E-state index contributed by atoms with van der Waals surface area (Å²) in [6.07, 6.45) is 3.82. The van der Waals surface area contributed by atoms with Gasteiger partial charge in [-0.15, -0.1) is 5.10 Å². The van der Waals surface area contributed by atoms with Gasteiger partial charge in [-0.1, -0.05) is 47.7 Å². The van der Waals surface area contributed by atoms with Gasteiger partial charge < -0.3 is 9.64 Å². The molecular weight excluding hydrogens is 498 g/mol. The molecular formula is C29H21N5O5. The Kier molecular flexibility index (Phi) is 4.99. The fraction of sp³-hybridized carbons (Fsp3) is 0.172. The van der Waals surface area contributed by atoms with Gasteiger partial charge in [-0.25, -0.2) is 4.90 Å².